The van der Waals surface area contributed by atoms with E-state index in [4.69, 9.17) is 0 Å². The Morgan fingerprint density at radius 3 is 2.62 bits per heavy atom. The molecule has 0 heterocycles. The number of aromatic carboxylic acids is 1. The van der Waals surface area contributed by atoms with Crippen molar-refractivity contribution in [1.29, 1.82) is 0 Å². The maximum absolute atomic E-state index is 11.2. The monoisotopic (exact) mass is 286 g/mol. The molecule has 21 heavy (non-hydrogen) atoms. The van der Waals surface area contributed by atoms with Gasteiger partial charge in [-0.05, 0) is 30.2 Å². The van der Waals surface area contributed by atoms with Crippen LogP contribution in [-0.2, 0) is 6.42 Å². The van der Waals surface area contributed by atoms with Gasteiger partial charge >= 0.3 is 5.97 Å². The van der Waals surface area contributed by atoms with E-state index in [1.165, 1.54) is 18.2 Å². The third-order valence-corrected chi connectivity index (χ3v) is 3.07. The van der Waals surface area contributed by atoms with Gasteiger partial charge in [0.05, 0.1) is 10.5 Å². The highest BCUT2D eigenvalue weighted by atomic mass is 16.6. The summed E-state index contributed by atoms with van der Waals surface area (Å²) >= 11 is 0. The van der Waals surface area contributed by atoms with E-state index in [0.29, 0.717) is 5.69 Å². The van der Waals surface area contributed by atoms with Gasteiger partial charge in [0.2, 0.25) is 0 Å². The summed E-state index contributed by atoms with van der Waals surface area (Å²) in [6, 6.07) is 11.3. The van der Waals surface area contributed by atoms with Gasteiger partial charge in [-0.2, -0.15) is 0 Å². The highest BCUT2D eigenvalue weighted by Gasteiger charge is 2.21. The molecule has 0 saturated heterocycles. The fraction of sp³-hybridized carbons (Fsp3) is 0.133. The summed E-state index contributed by atoms with van der Waals surface area (Å²) in [5, 5.41) is 23.1. The Morgan fingerprint density at radius 2 is 2.00 bits per heavy atom. The first kappa shape index (κ1) is 14.5. The summed E-state index contributed by atoms with van der Waals surface area (Å²) in [6.45, 7) is 1.99. The van der Waals surface area contributed by atoms with Crippen LogP contribution in [0.2, 0.25) is 0 Å². The highest BCUT2D eigenvalue weighted by Crippen LogP contribution is 2.31. The maximum Gasteiger partial charge on any atom is 0.338 e. The first-order chi connectivity index (χ1) is 10.0. The molecule has 0 amide bonds. The fourth-order valence-corrected chi connectivity index (χ4v) is 2.02. The van der Waals surface area contributed by atoms with E-state index < -0.39 is 10.9 Å². The van der Waals surface area contributed by atoms with Gasteiger partial charge in [-0.3, -0.25) is 10.1 Å². The van der Waals surface area contributed by atoms with Gasteiger partial charge in [0.1, 0.15) is 5.69 Å². The van der Waals surface area contributed by atoms with Crippen molar-refractivity contribution in [3.05, 3.63) is 63.7 Å². The molecule has 0 atom stereocenters. The Morgan fingerprint density at radius 1 is 1.29 bits per heavy atom. The molecule has 0 unspecified atom stereocenters. The van der Waals surface area contributed by atoms with Crippen LogP contribution >= 0.6 is 0 Å². The molecule has 2 aromatic carbocycles. The number of nitrogens with one attached hydrogen (secondary N) is 1. The number of nitro groups is 1. The number of aryl methyl sites for hydroxylation is 1. The van der Waals surface area contributed by atoms with E-state index in [0.717, 1.165) is 12.0 Å². The third kappa shape index (κ3) is 3.17. The van der Waals surface area contributed by atoms with Crippen molar-refractivity contribution in [2.75, 3.05) is 5.32 Å². The average molecular weight is 286 g/mol. The van der Waals surface area contributed by atoms with Crippen LogP contribution in [0.3, 0.4) is 0 Å². The molecule has 2 aromatic rings. The summed E-state index contributed by atoms with van der Waals surface area (Å²) in [5.74, 6) is -1.21. The molecule has 0 bridgehead atoms. The van der Waals surface area contributed by atoms with Crippen LogP contribution in [0.15, 0.2) is 42.5 Å². The summed E-state index contributed by atoms with van der Waals surface area (Å²) < 4.78 is 0. The zero-order chi connectivity index (χ0) is 15.4. The lowest BCUT2D eigenvalue weighted by Gasteiger charge is -2.11. The van der Waals surface area contributed by atoms with Gasteiger partial charge in [0, 0.05) is 11.8 Å². The number of carbonyl (C=O) groups is 1. The van der Waals surface area contributed by atoms with Crippen molar-refractivity contribution < 1.29 is 14.8 Å². The topological polar surface area (TPSA) is 92.5 Å². The van der Waals surface area contributed by atoms with Gasteiger partial charge in [0.25, 0.3) is 5.69 Å². The van der Waals surface area contributed by atoms with Gasteiger partial charge in [-0.1, -0.05) is 25.1 Å². The Balaban J connectivity index is 2.50. The number of carboxylic acids is 1. The summed E-state index contributed by atoms with van der Waals surface area (Å²) in [6.07, 6.45) is 0.818. The molecular formula is C15H14N2O4. The second-order valence-corrected chi connectivity index (χ2v) is 4.44. The highest BCUT2D eigenvalue weighted by molar-refractivity contribution is 5.98. The Hall–Kier alpha value is -2.89. The average Bonchev–Trinajstić information content (AvgIpc) is 2.47. The number of hydrogen-bond acceptors (Lipinski definition) is 4. The number of para-hydroxylation sites is 1. The number of nitrogens with zero attached hydrogens (tertiary/aromatic N) is 1. The molecule has 0 aliphatic carbocycles. The molecule has 108 valence electrons. The van der Waals surface area contributed by atoms with Crippen LogP contribution in [0.1, 0.15) is 22.8 Å². The normalized spacial score (nSPS) is 10.1. The van der Waals surface area contributed by atoms with Crippen LogP contribution in [0.5, 0.6) is 0 Å². The lowest BCUT2D eigenvalue weighted by molar-refractivity contribution is -0.383. The largest absolute Gasteiger partial charge is 0.478 e. The Labute approximate surface area is 121 Å². The zero-order valence-corrected chi connectivity index (χ0v) is 11.4. The fourth-order valence-electron chi connectivity index (χ4n) is 2.02. The summed E-state index contributed by atoms with van der Waals surface area (Å²) in [4.78, 5) is 21.7. The molecule has 0 aliphatic heterocycles. The predicted octanol–water partition coefficient (Wildman–Crippen LogP) is 3.60. The van der Waals surface area contributed by atoms with Crippen LogP contribution < -0.4 is 5.32 Å². The number of carboxylic acid groups (broad SMARTS) is 1. The molecule has 0 fully saturated rings. The molecule has 6 heteroatoms. The molecule has 0 aliphatic rings. The summed E-state index contributed by atoms with van der Waals surface area (Å²) in [7, 11) is 0. The summed E-state index contributed by atoms with van der Waals surface area (Å²) in [5.41, 5.74) is 1.26. The number of benzene rings is 2. The number of rotatable bonds is 5. The minimum absolute atomic E-state index is 0.0109. The van der Waals surface area contributed by atoms with E-state index in [2.05, 4.69) is 5.32 Å². The second-order valence-electron chi connectivity index (χ2n) is 4.44. The van der Waals surface area contributed by atoms with E-state index in [1.54, 1.807) is 6.07 Å². The van der Waals surface area contributed by atoms with Gasteiger partial charge < -0.3 is 10.4 Å². The standard InChI is InChI=1S/C15H14N2O4/c1-2-10-5-3-6-11(9-10)16-14-12(15(18)19)7-4-8-13(14)17(20)21/h3-9,16H,2H2,1H3,(H,18,19). The number of anilines is 2. The van der Waals surface area contributed by atoms with Crippen molar-refractivity contribution in [3.8, 4) is 0 Å². The molecule has 6 nitrogen and oxygen atoms in total. The molecule has 2 N–H and O–H groups in total. The van der Waals surface area contributed by atoms with Gasteiger partial charge in [-0.15, -0.1) is 0 Å². The third-order valence-electron chi connectivity index (χ3n) is 3.07. The predicted molar refractivity (Wildman–Crippen MR) is 79.2 cm³/mol. The minimum atomic E-state index is -1.21. The van der Waals surface area contributed by atoms with Gasteiger partial charge in [0.15, 0.2) is 0 Å². The van der Waals surface area contributed by atoms with E-state index >= 15 is 0 Å². The van der Waals surface area contributed by atoms with Crippen molar-refractivity contribution in [1.82, 2.24) is 0 Å². The van der Waals surface area contributed by atoms with Crippen LogP contribution in [-0.4, -0.2) is 16.0 Å². The maximum atomic E-state index is 11.2. The second kappa shape index (κ2) is 6.04. The van der Waals surface area contributed by atoms with Crippen molar-refractivity contribution in [2.24, 2.45) is 0 Å². The van der Waals surface area contributed by atoms with E-state index in [1.807, 2.05) is 25.1 Å². The first-order valence-corrected chi connectivity index (χ1v) is 6.39. The lowest BCUT2D eigenvalue weighted by Crippen LogP contribution is -2.06. The van der Waals surface area contributed by atoms with Crippen molar-refractivity contribution in [2.45, 2.75) is 13.3 Å². The molecule has 0 saturated carbocycles. The van der Waals surface area contributed by atoms with Crippen LogP contribution in [0, 0.1) is 10.1 Å². The smallest absolute Gasteiger partial charge is 0.338 e. The molecule has 2 rings (SSSR count). The Bertz CT molecular complexity index is 666. The quantitative estimate of drug-likeness (QED) is 0.647. The van der Waals surface area contributed by atoms with Crippen LogP contribution in [0.25, 0.3) is 0 Å². The van der Waals surface area contributed by atoms with Crippen molar-refractivity contribution in [3.63, 3.8) is 0 Å². The SMILES string of the molecule is CCc1cccc(Nc2c(C(=O)O)cccc2[N+](=O)[O-])c1. The van der Waals surface area contributed by atoms with E-state index in [9.17, 15) is 20.0 Å². The van der Waals surface area contributed by atoms with Crippen LogP contribution in [0.4, 0.5) is 17.1 Å². The van der Waals surface area contributed by atoms with Gasteiger partial charge in [-0.25, -0.2) is 4.79 Å². The number of hydrogen-bond donors (Lipinski definition) is 2. The minimum Gasteiger partial charge on any atom is -0.478 e. The van der Waals surface area contributed by atoms with Crippen molar-refractivity contribution >= 4 is 23.0 Å². The first-order valence-electron chi connectivity index (χ1n) is 6.39. The lowest BCUT2D eigenvalue weighted by atomic mass is 10.1. The molecule has 0 spiro atoms. The molecular weight excluding hydrogens is 272 g/mol. The number of nitro benzene ring substituents is 1. The van der Waals surface area contributed by atoms with E-state index in [-0.39, 0.29) is 16.9 Å². The molecule has 0 radical (unpaired) electrons. The zero-order valence-electron chi connectivity index (χ0n) is 11.4. The Kier molecular flexibility index (Phi) is 4.18. The molecule has 0 aromatic heterocycles.